The third-order valence-corrected chi connectivity index (χ3v) is 2.97. The van der Waals surface area contributed by atoms with Crippen LogP contribution in [0.5, 0.6) is 0 Å². The highest BCUT2D eigenvalue weighted by Gasteiger charge is 2.27. The molecule has 82 valence electrons. The fourth-order valence-corrected chi connectivity index (χ4v) is 2.05. The van der Waals surface area contributed by atoms with Gasteiger partial charge in [0.05, 0.1) is 11.1 Å². The van der Waals surface area contributed by atoms with Crippen LogP contribution in [0.25, 0.3) is 10.9 Å². The molecule has 3 nitrogen and oxygen atoms in total. The van der Waals surface area contributed by atoms with Crippen LogP contribution in [-0.4, -0.2) is 15.6 Å². The van der Waals surface area contributed by atoms with Crippen molar-refractivity contribution in [3.8, 4) is 0 Å². The highest BCUT2D eigenvalue weighted by atomic mass is 19.1. The number of rotatable bonds is 2. The minimum Gasteiger partial charge on any atom is -0.478 e. The zero-order valence-corrected chi connectivity index (χ0v) is 8.48. The van der Waals surface area contributed by atoms with E-state index in [0.29, 0.717) is 16.9 Å². The number of hydrogen-bond donors (Lipinski definition) is 1. The van der Waals surface area contributed by atoms with Crippen LogP contribution in [0.2, 0.25) is 0 Å². The monoisotopic (exact) mass is 219 g/mol. The van der Waals surface area contributed by atoms with E-state index in [1.165, 1.54) is 18.2 Å². The van der Waals surface area contributed by atoms with Gasteiger partial charge in [-0.2, -0.15) is 0 Å². The lowest BCUT2D eigenvalue weighted by atomic mass is 10.2. The molecule has 1 heterocycles. The highest BCUT2D eigenvalue weighted by molar-refractivity contribution is 6.03. The highest BCUT2D eigenvalue weighted by Crippen LogP contribution is 2.39. The maximum atomic E-state index is 13.2. The van der Waals surface area contributed by atoms with Gasteiger partial charge < -0.3 is 9.67 Å². The second-order valence-electron chi connectivity index (χ2n) is 4.15. The lowest BCUT2D eigenvalue weighted by Crippen LogP contribution is -1.94. The van der Waals surface area contributed by atoms with Gasteiger partial charge in [0.2, 0.25) is 0 Å². The van der Waals surface area contributed by atoms with E-state index in [9.17, 15) is 9.18 Å². The molecule has 0 saturated heterocycles. The normalized spacial score (nSPS) is 15.6. The molecule has 0 radical (unpaired) electrons. The molecule has 1 N–H and O–H groups in total. The summed E-state index contributed by atoms with van der Waals surface area (Å²) in [4.78, 5) is 11.0. The van der Waals surface area contributed by atoms with Gasteiger partial charge in [0.15, 0.2) is 0 Å². The Morgan fingerprint density at radius 3 is 2.81 bits per heavy atom. The smallest absolute Gasteiger partial charge is 0.337 e. The fraction of sp³-hybridized carbons (Fsp3) is 0.250. The molecule has 1 aliphatic carbocycles. The minimum absolute atomic E-state index is 0.252. The van der Waals surface area contributed by atoms with E-state index in [1.807, 2.05) is 4.57 Å². The molecule has 1 aromatic heterocycles. The summed E-state index contributed by atoms with van der Waals surface area (Å²) in [5.41, 5.74) is 0.932. The van der Waals surface area contributed by atoms with Gasteiger partial charge in [-0.15, -0.1) is 0 Å². The summed E-state index contributed by atoms with van der Waals surface area (Å²) < 4.78 is 15.0. The van der Waals surface area contributed by atoms with Gasteiger partial charge in [-0.1, -0.05) is 0 Å². The number of carbonyl (C=O) groups is 1. The van der Waals surface area contributed by atoms with E-state index in [4.69, 9.17) is 5.11 Å². The molecule has 1 fully saturated rings. The Kier molecular flexibility index (Phi) is 1.80. The van der Waals surface area contributed by atoms with Crippen LogP contribution in [0.1, 0.15) is 29.2 Å². The van der Waals surface area contributed by atoms with Crippen molar-refractivity contribution in [1.82, 2.24) is 4.57 Å². The van der Waals surface area contributed by atoms with Gasteiger partial charge in [-0.05, 0) is 31.0 Å². The molecule has 0 atom stereocenters. The molecule has 0 spiro atoms. The number of nitrogens with zero attached hydrogens (tertiary/aromatic N) is 1. The predicted molar refractivity (Wildman–Crippen MR) is 57.1 cm³/mol. The summed E-state index contributed by atoms with van der Waals surface area (Å²) in [6, 6.07) is 4.58. The summed E-state index contributed by atoms with van der Waals surface area (Å²) in [6.45, 7) is 0. The zero-order valence-electron chi connectivity index (χ0n) is 8.48. The SMILES string of the molecule is O=C(O)c1cn(C2CC2)c2cc(F)ccc12. The first kappa shape index (κ1) is 9.39. The van der Waals surface area contributed by atoms with Crippen molar-refractivity contribution in [2.45, 2.75) is 18.9 Å². The molecule has 4 heteroatoms. The van der Waals surface area contributed by atoms with Crippen molar-refractivity contribution in [2.24, 2.45) is 0 Å². The van der Waals surface area contributed by atoms with Crippen LogP contribution in [0.3, 0.4) is 0 Å². The number of aromatic nitrogens is 1. The average molecular weight is 219 g/mol. The Morgan fingerprint density at radius 2 is 2.19 bits per heavy atom. The number of benzene rings is 1. The van der Waals surface area contributed by atoms with Gasteiger partial charge in [-0.3, -0.25) is 0 Å². The molecule has 16 heavy (non-hydrogen) atoms. The average Bonchev–Trinajstić information content (AvgIpc) is 3.00. The number of carboxylic acids is 1. The van der Waals surface area contributed by atoms with E-state index in [2.05, 4.69) is 0 Å². The molecule has 2 aromatic rings. The maximum Gasteiger partial charge on any atom is 0.337 e. The van der Waals surface area contributed by atoms with Crippen LogP contribution in [0.15, 0.2) is 24.4 Å². The predicted octanol–water partition coefficient (Wildman–Crippen LogP) is 2.81. The third kappa shape index (κ3) is 1.30. The Balaban J connectivity index is 2.32. The third-order valence-electron chi connectivity index (χ3n) is 2.97. The van der Waals surface area contributed by atoms with E-state index in [1.54, 1.807) is 6.20 Å². The lowest BCUT2D eigenvalue weighted by molar-refractivity contribution is 0.0699. The van der Waals surface area contributed by atoms with E-state index >= 15 is 0 Å². The molecule has 0 aliphatic heterocycles. The molecule has 0 bridgehead atoms. The van der Waals surface area contributed by atoms with E-state index < -0.39 is 5.97 Å². The second-order valence-corrected chi connectivity index (χ2v) is 4.15. The van der Waals surface area contributed by atoms with Gasteiger partial charge >= 0.3 is 5.97 Å². The zero-order chi connectivity index (χ0) is 11.3. The molecule has 0 amide bonds. The summed E-state index contributed by atoms with van der Waals surface area (Å²) in [6.07, 6.45) is 3.70. The molecule has 0 unspecified atom stereocenters. The Bertz CT molecular complexity index is 584. The summed E-state index contributed by atoms with van der Waals surface area (Å²) in [5.74, 6) is -1.29. The Morgan fingerprint density at radius 1 is 1.44 bits per heavy atom. The number of halogens is 1. The first-order valence-electron chi connectivity index (χ1n) is 5.20. The van der Waals surface area contributed by atoms with Gasteiger partial charge in [0.25, 0.3) is 0 Å². The Hall–Kier alpha value is -1.84. The van der Waals surface area contributed by atoms with Crippen LogP contribution >= 0.6 is 0 Å². The van der Waals surface area contributed by atoms with Crippen molar-refractivity contribution in [1.29, 1.82) is 0 Å². The van der Waals surface area contributed by atoms with Crippen molar-refractivity contribution in [2.75, 3.05) is 0 Å². The standard InChI is InChI=1S/C12H10FNO2/c13-7-1-4-9-10(12(15)16)6-14(8-2-3-8)11(9)5-7/h1,4-6,8H,2-3H2,(H,15,16). The molecule has 3 rings (SSSR count). The molecular formula is C12H10FNO2. The number of carboxylic acid groups (broad SMARTS) is 1. The van der Waals surface area contributed by atoms with Crippen LogP contribution < -0.4 is 0 Å². The topological polar surface area (TPSA) is 42.2 Å². The first-order valence-corrected chi connectivity index (χ1v) is 5.20. The van der Waals surface area contributed by atoms with Crippen LogP contribution in [-0.2, 0) is 0 Å². The number of aromatic carboxylic acids is 1. The molecule has 1 aromatic carbocycles. The van der Waals surface area contributed by atoms with Crippen molar-refractivity contribution in [3.63, 3.8) is 0 Å². The van der Waals surface area contributed by atoms with Gasteiger partial charge in [0, 0.05) is 17.6 Å². The van der Waals surface area contributed by atoms with Crippen molar-refractivity contribution >= 4 is 16.9 Å². The number of fused-ring (bicyclic) bond motifs is 1. The Labute approximate surface area is 91.1 Å². The van der Waals surface area contributed by atoms with Gasteiger partial charge in [-0.25, -0.2) is 9.18 Å². The fourth-order valence-electron chi connectivity index (χ4n) is 2.05. The first-order chi connectivity index (χ1) is 7.66. The van der Waals surface area contributed by atoms with Crippen LogP contribution in [0, 0.1) is 5.82 Å². The van der Waals surface area contributed by atoms with Crippen molar-refractivity contribution < 1.29 is 14.3 Å². The summed E-state index contributed by atoms with van der Waals surface area (Å²) in [7, 11) is 0. The molecular weight excluding hydrogens is 209 g/mol. The van der Waals surface area contributed by atoms with Crippen molar-refractivity contribution in [3.05, 3.63) is 35.8 Å². The lowest BCUT2D eigenvalue weighted by Gasteiger charge is -2.01. The molecule has 1 aliphatic rings. The second kappa shape index (κ2) is 3.07. The number of hydrogen-bond acceptors (Lipinski definition) is 1. The van der Waals surface area contributed by atoms with E-state index in [0.717, 1.165) is 12.8 Å². The minimum atomic E-state index is -0.962. The maximum absolute atomic E-state index is 13.2. The van der Waals surface area contributed by atoms with Crippen LogP contribution in [0.4, 0.5) is 4.39 Å². The van der Waals surface area contributed by atoms with Gasteiger partial charge in [0.1, 0.15) is 5.82 Å². The molecule has 1 saturated carbocycles. The summed E-state index contributed by atoms with van der Waals surface area (Å²) in [5, 5.41) is 9.67. The quantitative estimate of drug-likeness (QED) is 0.843. The summed E-state index contributed by atoms with van der Waals surface area (Å²) >= 11 is 0. The largest absolute Gasteiger partial charge is 0.478 e. The van der Waals surface area contributed by atoms with E-state index in [-0.39, 0.29) is 11.4 Å².